The normalized spacial score (nSPS) is 23.0. The number of nitrogens with one attached hydrogen (secondary N) is 1. The van der Waals surface area contributed by atoms with Crippen LogP contribution in [0.15, 0.2) is 41.6 Å². The monoisotopic (exact) mass is 418 g/mol. The number of fused-ring (bicyclic) bond motifs is 1. The number of benzene rings is 1. The Morgan fingerprint density at radius 1 is 1.26 bits per heavy atom. The van der Waals surface area contributed by atoms with E-state index in [1.54, 1.807) is 30.3 Å². The molecule has 27 heavy (non-hydrogen) atoms. The van der Waals surface area contributed by atoms with Crippen LogP contribution in [0, 0.1) is 0 Å². The maximum atomic E-state index is 12.4. The molecular formula is C16H15KN2O7S. The van der Waals surface area contributed by atoms with E-state index >= 15 is 0 Å². The Bertz CT molecular complexity index is 914. The molecule has 1 aromatic rings. The van der Waals surface area contributed by atoms with E-state index in [1.807, 2.05) is 0 Å². The number of carbonyl (C=O) groups excluding carboxylic acids is 3. The van der Waals surface area contributed by atoms with Crippen LogP contribution >= 0.6 is 0 Å². The fourth-order valence-electron chi connectivity index (χ4n) is 3.14. The number of aliphatic carboxylic acids is 1. The van der Waals surface area contributed by atoms with Crippen molar-refractivity contribution in [2.45, 2.75) is 17.8 Å². The molecule has 2 heterocycles. The average molecular weight is 418 g/mol. The number of carboxylic acid groups (broad SMARTS) is 1. The SMILES string of the molecule is O=C(Cc1ccccc1)N[C@H]1C(=O)N2C(C(=O)[O-])=C(CO)CS(=O)(=O)[C@@H]12.[K+]. The molecule has 0 bridgehead atoms. The quantitative estimate of drug-likeness (QED) is 0.358. The second-order valence-corrected chi connectivity index (χ2v) is 8.11. The van der Waals surface area contributed by atoms with E-state index in [1.165, 1.54) is 0 Å². The molecule has 0 aliphatic carbocycles. The molecule has 2 atom stereocenters. The predicted octanol–water partition coefficient (Wildman–Crippen LogP) is -5.69. The zero-order chi connectivity index (χ0) is 19.1. The topological polar surface area (TPSA) is 144 Å². The minimum Gasteiger partial charge on any atom is -0.543 e. The van der Waals surface area contributed by atoms with Gasteiger partial charge in [0.25, 0.3) is 5.91 Å². The first-order valence-corrected chi connectivity index (χ1v) is 9.40. The van der Waals surface area contributed by atoms with Gasteiger partial charge in [0.2, 0.25) is 5.91 Å². The van der Waals surface area contributed by atoms with Gasteiger partial charge in [-0.1, -0.05) is 30.3 Å². The number of hydrogen-bond acceptors (Lipinski definition) is 7. The summed E-state index contributed by atoms with van der Waals surface area (Å²) in [4.78, 5) is 36.3. The van der Waals surface area contributed by atoms with Gasteiger partial charge in [0.15, 0.2) is 15.2 Å². The number of amides is 2. The summed E-state index contributed by atoms with van der Waals surface area (Å²) in [6.45, 7) is -0.829. The van der Waals surface area contributed by atoms with Gasteiger partial charge in [0.1, 0.15) is 6.04 Å². The minimum absolute atomic E-state index is 0. The third-order valence-electron chi connectivity index (χ3n) is 4.27. The number of rotatable bonds is 5. The molecule has 1 saturated heterocycles. The molecule has 2 aliphatic rings. The Labute approximate surface area is 197 Å². The van der Waals surface area contributed by atoms with E-state index in [9.17, 15) is 33.0 Å². The van der Waals surface area contributed by atoms with Crippen molar-refractivity contribution < 1.29 is 84.4 Å². The summed E-state index contributed by atoms with van der Waals surface area (Å²) >= 11 is 0. The summed E-state index contributed by atoms with van der Waals surface area (Å²) in [6.07, 6.45) is -0.0531. The third kappa shape index (κ3) is 4.19. The first-order valence-electron chi connectivity index (χ1n) is 7.68. The van der Waals surface area contributed by atoms with Crippen LogP contribution in [0.3, 0.4) is 0 Å². The van der Waals surface area contributed by atoms with Crippen LogP contribution in [0.4, 0.5) is 0 Å². The Hall–Kier alpha value is -1.08. The summed E-state index contributed by atoms with van der Waals surface area (Å²) in [6, 6.07) is 7.28. The summed E-state index contributed by atoms with van der Waals surface area (Å²) in [5, 5.41) is 21.3. The van der Waals surface area contributed by atoms with Gasteiger partial charge in [-0.05, 0) is 11.1 Å². The van der Waals surface area contributed by atoms with Crippen molar-refractivity contribution in [1.82, 2.24) is 10.2 Å². The van der Waals surface area contributed by atoms with E-state index < -0.39 is 57.1 Å². The van der Waals surface area contributed by atoms with E-state index in [2.05, 4.69) is 5.32 Å². The number of carbonyl (C=O) groups is 3. The van der Waals surface area contributed by atoms with Crippen molar-refractivity contribution in [3.05, 3.63) is 47.2 Å². The summed E-state index contributed by atoms with van der Waals surface area (Å²) in [5.41, 5.74) is -0.285. The van der Waals surface area contributed by atoms with E-state index in [-0.39, 0.29) is 63.4 Å². The van der Waals surface area contributed by atoms with E-state index in [0.29, 0.717) is 10.5 Å². The van der Waals surface area contributed by atoms with Crippen LogP contribution in [0.5, 0.6) is 0 Å². The van der Waals surface area contributed by atoms with Crippen LogP contribution < -0.4 is 61.8 Å². The smallest absolute Gasteiger partial charge is 0.543 e. The average Bonchev–Trinajstić information content (AvgIpc) is 2.58. The Morgan fingerprint density at radius 3 is 2.44 bits per heavy atom. The van der Waals surface area contributed by atoms with Gasteiger partial charge in [-0.2, -0.15) is 0 Å². The van der Waals surface area contributed by atoms with Gasteiger partial charge in [-0.15, -0.1) is 0 Å². The fourth-order valence-corrected chi connectivity index (χ4v) is 5.15. The number of hydrogen-bond donors (Lipinski definition) is 2. The third-order valence-corrected chi connectivity index (χ3v) is 6.24. The molecule has 2 aliphatic heterocycles. The number of β-lactam (4-membered cyclic amide) rings is 1. The zero-order valence-electron chi connectivity index (χ0n) is 14.4. The van der Waals surface area contributed by atoms with Gasteiger partial charge in [-0.3, -0.25) is 14.5 Å². The van der Waals surface area contributed by atoms with Gasteiger partial charge < -0.3 is 20.3 Å². The van der Waals surface area contributed by atoms with Crippen molar-refractivity contribution in [1.29, 1.82) is 0 Å². The van der Waals surface area contributed by atoms with Crippen molar-refractivity contribution in [3.8, 4) is 0 Å². The molecule has 9 nitrogen and oxygen atoms in total. The molecule has 0 spiro atoms. The Kier molecular flexibility index (Phi) is 7.00. The minimum atomic E-state index is -3.97. The second kappa shape index (κ2) is 8.51. The molecule has 1 fully saturated rings. The molecule has 11 heteroatoms. The number of aliphatic hydroxyl groups is 1. The fraction of sp³-hybridized carbons (Fsp3) is 0.312. The van der Waals surface area contributed by atoms with Crippen molar-refractivity contribution >= 4 is 27.6 Å². The maximum Gasteiger partial charge on any atom is 1.00 e. The number of sulfone groups is 1. The molecule has 0 saturated carbocycles. The van der Waals surface area contributed by atoms with Gasteiger partial charge >= 0.3 is 51.4 Å². The van der Waals surface area contributed by atoms with Gasteiger partial charge in [0.05, 0.1) is 30.4 Å². The zero-order valence-corrected chi connectivity index (χ0v) is 18.4. The van der Waals surface area contributed by atoms with Gasteiger partial charge in [-0.25, -0.2) is 8.42 Å². The summed E-state index contributed by atoms with van der Waals surface area (Å²) in [5.74, 6) is -3.90. The molecule has 138 valence electrons. The van der Waals surface area contributed by atoms with Crippen LogP contribution in [-0.2, 0) is 30.6 Å². The number of nitrogens with zero attached hydrogens (tertiary/aromatic N) is 1. The standard InChI is InChI=1S/C16H16N2O7S.K/c19-7-10-8-26(24,25)15-12(14(21)18(15)13(10)16(22)23)17-11(20)6-9-4-2-1-3-5-9;/h1-5,12,15,19H,6-8H2,(H,17,20)(H,22,23);/q;+1/p-1/t12-,15-;/m0./s1. The molecular weight excluding hydrogens is 403 g/mol. The molecule has 0 aromatic heterocycles. The number of aliphatic hydroxyl groups excluding tert-OH is 1. The first-order chi connectivity index (χ1) is 12.3. The molecule has 0 radical (unpaired) electrons. The van der Waals surface area contributed by atoms with Gasteiger partial charge in [0, 0.05) is 0 Å². The Morgan fingerprint density at radius 2 is 1.89 bits per heavy atom. The largest absolute Gasteiger partial charge is 1.00 e. The molecule has 0 unspecified atom stereocenters. The second-order valence-electron chi connectivity index (χ2n) is 6.01. The van der Waals surface area contributed by atoms with Crippen LogP contribution in [0.2, 0.25) is 0 Å². The van der Waals surface area contributed by atoms with Crippen molar-refractivity contribution in [2.24, 2.45) is 0 Å². The number of carboxylic acids is 1. The van der Waals surface area contributed by atoms with Crippen LogP contribution in [-0.4, -0.2) is 60.0 Å². The van der Waals surface area contributed by atoms with E-state index in [0.717, 1.165) is 0 Å². The van der Waals surface area contributed by atoms with Crippen LogP contribution in [0.1, 0.15) is 5.56 Å². The molecule has 2 amide bonds. The molecule has 3 rings (SSSR count). The summed E-state index contributed by atoms with van der Waals surface area (Å²) in [7, 11) is -3.97. The van der Waals surface area contributed by atoms with E-state index in [4.69, 9.17) is 0 Å². The predicted molar refractivity (Wildman–Crippen MR) is 85.6 cm³/mol. The first kappa shape index (κ1) is 22.2. The molecule has 2 N–H and O–H groups in total. The Balaban J connectivity index is 0.00000261. The maximum absolute atomic E-state index is 12.4. The van der Waals surface area contributed by atoms with Crippen LogP contribution in [0.25, 0.3) is 0 Å². The molecule has 1 aromatic carbocycles. The van der Waals surface area contributed by atoms with Crippen molar-refractivity contribution in [3.63, 3.8) is 0 Å². The van der Waals surface area contributed by atoms with Crippen molar-refractivity contribution in [2.75, 3.05) is 12.4 Å². The summed E-state index contributed by atoms with van der Waals surface area (Å²) < 4.78 is 24.7.